The average molecular weight is 1390 g/mol. The fourth-order valence-electron chi connectivity index (χ4n) is 5.54. The molecule has 0 amide bonds. The van der Waals surface area contributed by atoms with Crippen molar-refractivity contribution in [1.82, 2.24) is 0 Å². The third-order valence-electron chi connectivity index (χ3n) is 11.2. The summed E-state index contributed by atoms with van der Waals surface area (Å²) in [6, 6.07) is 0. The van der Waals surface area contributed by atoms with Crippen molar-refractivity contribution in [2.24, 2.45) is 11.8 Å². The van der Waals surface area contributed by atoms with Gasteiger partial charge < -0.3 is 83.4 Å². The fraction of sp³-hybridized carbons (Fsp3) is 0.934. The first kappa shape index (κ1) is 111. The Morgan fingerprint density at radius 1 is 0.636 bits per heavy atom. The van der Waals surface area contributed by atoms with Gasteiger partial charge in [0.15, 0.2) is 26.4 Å². The van der Waals surface area contributed by atoms with Gasteiger partial charge in [0.2, 0.25) is 8.06 Å². The molecule has 538 valence electrons. The van der Waals surface area contributed by atoms with E-state index in [1.165, 1.54) is 89.0 Å². The minimum atomic E-state index is -1.79. The predicted octanol–water partition coefficient (Wildman–Crippen LogP) is 7.60. The van der Waals surface area contributed by atoms with Gasteiger partial charge in [-0.15, -0.1) is 0 Å². The third kappa shape index (κ3) is 95.4. The molecule has 1 aliphatic rings. The van der Waals surface area contributed by atoms with E-state index in [0.29, 0.717) is 56.0 Å². The summed E-state index contributed by atoms with van der Waals surface area (Å²) in [4.78, 5) is 49.5. The van der Waals surface area contributed by atoms with Crippen LogP contribution in [-0.2, 0) is 56.0 Å². The van der Waals surface area contributed by atoms with Gasteiger partial charge in [-0.05, 0) is 131 Å². The van der Waals surface area contributed by atoms with Crippen LogP contribution >= 0.6 is 17.0 Å². The van der Waals surface area contributed by atoms with Gasteiger partial charge >= 0.3 is 24.6 Å². The first-order valence-electron chi connectivity index (χ1n) is 30.5. The molecule has 20 nitrogen and oxygen atoms in total. The Morgan fingerprint density at radius 2 is 0.920 bits per heavy atom. The summed E-state index contributed by atoms with van der Waals surface area (Å²) in [5.41, 5.74) is 0. The van der Waals surface area contributed by atoms with Crippen LogP contribution in [0.4, 0.5) is 14.4 Å². The van der Waals surface area contributed by atoms with Crippen LogP contribution in [0.3, 0.4) is 0 Å². The molecule has 1 fully saturated rings. The molecule has 0 aromatic heterocycles. The molecule has 0 saturated carbocycles. The number of aliphatic hydroxyl groups excluding tert-OH is 3. The minimum Gasteiger partial charge on any atom is -1.00 e. The number of quaternary nitrogens is 1. The number of halogens is 2. The molecule has 0 aromatic rings. The third-order valence-corrected chi connectivity index (χ3v) is 18.1. The number of nitrogens with zero attached hydrogens (tertiary/aromatic N) is 1. The lowest BCUT2D eigenvalue weighted by Gasteiger charge is -2.39. The zero-order chi connectivity index (χ0) is 67.2. The summed E-state index contributed by atoms with van der Waals surface area (Å²) in [7, 11) is -0.658. The largest absolute Gasteiger partial charge is 1.00 e. The summed E-state index contributed by atoms with van der Waals surface area (Å²) in [5.74, 6) is 0.605. The van der Waals surface area contributed by atoms with Gasteiger partial charge in [-0.25, -0.2) is 19.5 Å². The molecule has 0 bridgehead atoms. The Kier molecular flexibility index (Phi) is 85.7. The first-order valence-corrected chi connectivity index (χ1v) is 40.7. The number of nitrogens with two attached hydrogens (primary N) is 1. The maximum atomic E-state index is 11.4. The zero-order valence-corrected chi connectivity index (χ0v) is 65.0. The SMILES string of the molecule is C.C.CC(C)COC(=O)OC(C)CO.CC(C)COC(=O)OC(C)CO[Si](C)(C)C(C)(C)C.CC(O)COC(=O)OC(C)CO[Si](C)(C)C.CC(O)CO[SiH2]C(C)(C)C.CC1CO1.CCCC[N+](CCCC)(CCCC)CCCC.O=C=O.[Cl-].[F-].[NH2+]=PP. The van der Waals surface area contributed by atoms with E-state index >= 15 is 0 Å². The number of hydrogen-bond acceptors (Lipinski definition) is 18. The van der Waals surface area contributed by atoms with Gasteiger partial charge in [0.1, 0.15) is 24.9 Å². The Hall–Kier alpha value is -1.73. The van der Waals surface area contributed by atoms with E-state index in [0.717, 1.165) is 14.7 Å². The van der Waals surface area contributed by atoms with Crippen LogP contribution in [0.15, 0.2) is 0 Å². The molecule has 0 aliphatic carbocycles. The quantitative estimate of drug-likeness (QED) is 0.0130. The predicted molar refractivity (Wildman–Crippen MR) is 364 cm³/mol. The van der Waals surface area contributed by atoms with Crippen LogP contribution in [0, 0.1) is 11.8 Å². The van der Waals surface area contributed by atoms with Crippen molar-refractivity contribution >= 4 is 68.0 Å². The van der Waals surface area contributed by atoms with Crippen LogP contribution in [0.1, 0.15) is 205 Å². The molecule has 1 rings (SSSR count). The standard InChI is InChI=1S/C16H36N.C14H30O4Si.C10H22O5Si.C8H16O4.C7H18O2Si.C3H6O.CO2.2CH4.ClH.FH.H3NP2/c1-5-9-13-17(14-10-6-2,15-11-7-3)16-12-8-4;1-11(2)9-16-13(15)18-12(3)10-17-19(7,8)14(4,5)6;1-8(11)6-13-10(12)15-9(2)7-14-16(3,4)5;1-6(2)5-11-8(10)12-7(3)4-9;1-6(8)5-9-10-7(2,3)4;1-3-2-4-3;2-1-3;;;;;1-3-2/h5-16H2,1-4H3;11-12H,9-10H2,1-8H3;8-9,11H,6-7H2,1-5H3;6-7,9H,4-5H2,1-3H3;6,8H,5,10H2,1-4H3;3H,2H2,1H3;;2*1H4;2*1H;1H,2H2/q+1;;;;;;;;;;;/p-1. The minimum absolute atomic E-state index is 0. The molecular formula is C61H140ClFN2O18P2Si3. The Balaban J connectivity index is -0.0000000898. The number of aliphatic hydroxyl groups is 3. The van der Waals surface area contributed by atoms with Crippen molar-refractivity contribution in [3.63, 3.8) is 0 Å². The van der Waals surface area contributed by atoms with Crippen molar-refractivity contribution in [2.45, 2.75) is 284 Å². The molecule has 5 N–H and O–H groups in total. The van der Waals surface area contributed by atoms with Crippen LogP contribution in [0.2, 0.25) is 42.8 Å². The highest BCUT2D eigenvalue weighted by Crippen LogP contribution is 2.36. The van der Waals surface area contributed by atoms with E-state index in [1.54, 1.807) is 20.8 Å². The molecular weight excluding hydrogens is 1250 g/mol. The highest BCUT2D eigenvalue weighted by atomic mass is 35.5. The van der Waals surface area contributed by atoms with Crippen molar-refractivity contribution in [1.29, 1.82) is 0 Å². The number of carbonyl (C=O) groups excluding carboxylic acids is 5. The van der Waals surface area contributed by atoms with Crippen molar-refractivity contribution < 1.29 is 112 Å². The lowest BCUT2D eigenvalue weighted by atomic mass is 10.1. The van der Waals surface area contributed by atoms with Crippen LogP contribution < -0.4 is 22.3 Å². The number of epoxide rings is 1. The normalized spacial score (nSPS) is 14.0. The van der Waals surface area contributed by atoms with Gasteiger partial charge in [0.05, 0.1) is 90.7 Å². The molecule has 27 heteroatoms. The van der Waals surface area contributed by atoms with Crippen molar-refractivity contribution in [3.05, 3.63) is 0 Å². The van der Waals surface area contributed by atoms with E-state index in [9.17, 15) is 14.4 Å². The van der Waals surface area contributed by atoms with Crippen LogP contribution in [-0.4, -0.2) is 186 Å². The fourth-order valence-corrected chi connectivity index (χ4v) is 8.44. The van der Waals surface area contributed by atoms with Gasteiger partial charge in [-0.1, -0.05) is 137 Å². The highest BCUT2D eigenvalue weighted by Gasteiger charge is 2.37. The van der Waals surface area contributed by atoms with E-state index in [-0.39, 0.29) is 74.7 Å². The number of rotatable bonds is 31. The Morgan fingerprint density at radius 3 is 1.15 bits per heavy atom. The lowest BCUT2D eigenvalue weighted by molar-refractivity contribution is -0.929. The molecule has 1 saturated heterocycles. The monoisotopic (exact) mass is 1390 g/mol. The molecule has 1 heterocycles. The highest BCUT2D eigenvalue weighted by molar-refractivity contribution is 7.95. The summed E-state index contributed by atoms with van der Waals surface area (Å²) in [5, 5.41) is 31.6. The first-order chi connectivity index (χ1) is 38.6. The zero-order valence-electron chi connectivity index (χ0n) is 58.7. The lowest BCUT2D eigenvalue weighted by Crippen LogP contribution is -3.00. The number of ether oxygens (including phenoxy) is 7. The topological polar surface area (TPSA) is 267 Å². The number of carbonyl (C=O) groups is 3. The second-order valence-electron chi connectivity index (χ2n) is 25.7. The van der Waals surface area contributed by atoms with Gasteiger partial charge in [0, 0.05) is 0 Å². The second kappa shape index (κ2) is 68.1. The molecule has 7 atom stereocenters. The Labute approximate surface area is 552 Å². The molecule has 0 radical (unpaired) electrons. The summed E-state index contributed by atoms with van der Waals surface area (Å²) >= 11 is 0. The summed E-state index contributed by atoms with van der Waals surface area (Å²) in [6.45, 7) is 59.7. The van der Waals surface area contributed by atoms with E-state index in [4.69, 9.17) is 67.0 Å². The van der Waals surface area contributed by atoms with Gasteiger partial charge in [-0.3, -0.25) is 0 Å². The molecule has 0 aromatic carbocycles. The van der Waals surface area contributed by atoms with E-state index < -0.39 is 57.1 Å². The second-order valence-corrected chi connectivity index (χ2v) is 39.1. The van der Waals surface area contributed by atoms with Crippen LogP contribution in [0.25, 0.3) is 0 Å². The summed E-state index contributed by atoms with van der Waals surface area (Å²) in [6.07, 6.45) is 7.69. The molecule has 88 heavy (non-hydrogen) atoms. The Bertz CT molecular complexity index is 1540. The maximum absolute atomic E-state index is 11.4. The van der Waals surface area contributed by atoms with Gasteiger partial charge in [0.25, 0.3) is 0 Å². The molecule has 0 spiro atoms. The number of hydrogen-bond donors (Lipinski definition) is 4. The summed E-state index contributed by atoms with van der Waals surface area (Å²) < 4.78 is 52.1. The molecule has 7 unspecified atom stereocenters. The smallest absolute Gasteiger partial charge is 0.508 e. The van der Waals surface area contributed by atoms with Crippen molar-refractivity contribution in [3.8, 4) is 0 Å². The van der Waals surface area contributed by atoms with E-state index in [1.807, 2.05) is 34.6 Å². The van der Waals surface area contributed by atoms with Crippen molar-refractivity contribution in [2.75, 3.05) is 79.0 Å². The number of unbranched alkanes of at least 4 members (excludes halogenated alkanes) is 4. The molecule has 1 aliphatic heterocycles. The van der Waals surface area contributed by atoms with Gasteiger partial charge in [-0.2, -0.15) is 9.59 Å². The van der Waals surface area contributed by atoms with E-state index in [2.05, 4.69) is 127 Å². The van der Waals surface area contributed by atoms with Crippen LogP contribution in [0.5, 0.6) is 0 Å². The average Bonchev–Trinajstić information content (AvgIpc) is 4.17. The maximum Gasteiger partial charge on any atom is 0.508 e.